The third kappa shape index (κ3) is 5.02. The molecular formula is C24H25F2N7. The molecule has 170 valence electrons. The summed E-state index contributed by atoms with van der Waals surface area (Å²) in [6, 6.07) is 15.7. The Morgan fingerprint density at radius 1 is 1.09 bits per heavy atom. The van der Waals surface area contributed by atoms with Crippen LogP contribution in [-0.2, 0) is 18.9 Å². The van der Waals surface area contributed by atoms with Crippen molar-refractivity contribution in [2.24, 2.45) is 0 Å². The van der Waals surface area contributed by atoms with Crippen LogP contribution in [0.2, 0.25) is 0 Å². The fourth-order valence-electron chi connectivity index (χ4n) is 3.68. The Morgan fingerprint density at radius 2 is 1.85 bits per heavy atom. The van der Waals surface area contributed by atoms with Crippen molar-refractivity contribution in [3.63, 3.8) is 0 Å². The van der Waals surface area contributed by atoms with Gasteiger partial charge in [0.15, 0.2) is 5.82 Å². The number of rotatable bonds is 10. The van der Waals surface area contributed by atoms with Crippen molar-refractivity contribution in [1.82, 2.24) is 35.4 Å². The first-order valence-corrected chi connectivity index (χ1v) is 10.9. The number of nitrogens with zero attached hydrogens (tertiary/aromatic N) is 6. The molecule has 0 atom stereocenters. The second-order valence-corrected chi connectivity index (χ2v) is 7.78. The van der Waals surface area contributed by atoms with Crippen molar-refractivity contribution >= 4 is 0 Å². The van der Waals surface area contributed by atoms with Gasteiger partial charge in [-0.1, -0.05) is 61.5 Å². The maximum absolute atomic E-state index is 14.4. The average Bonchev–Trinajstić information content (AvgIpc) is 3.49. The number of alkyl halides is 2. The molecule has 7 nitrogen and oxygen atoms in total. The van der Waals surface area contributed by atoms with Crippen LogP contribution in [0.3, 0.4) is 0 Å². The average molecular weight is 450 g/mol. The number of halogens is 2. The van der Waals surface area contributed by atoms with Crippen LogP contribution < -0.4 is 0 Å². The van der Waals surface area contributed by atoms with Crippen molar-refractivity contribution in [3.05, 3.63) is 78.4 Å². The van der Waals surface area contributed by atoms with Crippen LogP contribution in [0.1, 0.15) is 43.4 Å². The van der Waals surface area contributed by atoms with E-state index in [-0.39, 0.29) is 6.42 Å². The normalized spacial score (nSPS) is 11.6. The molecule has 4 aromatic rings. The second kappa shape index (κ2) is 9.81. The molecule has 4 rings (SSSR count). The highest BCUT2D eigenvalue weighted by Gasteiger charge is 2.36. The van der Waals surface area contributed by atoms with Crippen molar-refractivity contribution < 1.29 is 8.78 Å². The fourth-order valence-corrected chi connectivity index (χ4v) is 3.68. The number of aryl methyl sites for hydroxylation is 1. The van der Waals surface area contributed by atoms with Gasteiger partial charge >= 0.3 is 5.92 Å². The fraction of sp³-hybridized carbons (Fsp3) is 0.292. The summed E-state index contributed by atoms with van der Waals surface area (Å²) in [5.41, 5.74) is 3.80. The lowest BCUT2D eigenvalue weighted by molar-refractivity contribution is -0.0232. The summed E-state index contributed by atoms with van der Waals surface area (Å²) in [5, 5.41) is 18.3. The van der Waals surface area contributed by atoms with Crippen LogP contribution >= 0.6 is 0 Å². The topological polar surface area (TPSA) is 85.2 Å². The highest BCUT2D eigenvalue weighted by Crippen LogP contribution is 2.32. The molecule has 0 fully saturated rings. The lowest BCUT2D eigenvalue weighted by atomic mass is 9.98. The summed E-state index contributed by atoms with van der Waals surface area (Å²) in [5.74, 6) is -2.32. The van der Waals surface area contributed by atoms with E-state index in [1.54, 1.807) is 17.7 Å². The maximum Gasteiger partial charge on any atom is 0.308 e. The Kier molecular flexibility index (Phi) is 6.67. The summed E-state index contributed by atoms with van der Waals surface area (Å²) >= 11 is 0. The monoisotopic (exact) mass is 449 g/mol. The van der Waals surface area contributed by atoms with E-state index >= 15 is 0 Å². The van der Waals surface area contributed by atoms with Gasteiger partial charge in [-0.25, -0.2) is 14.8 Å². The number of aromatic nitrogens is 7. The molecule has 0 spiro atoms. The lowest BCUT2D eigenvalue weighted by Crippen LogP contribution is -2.15. The minimum atomic E-state index is -3.04. The molecule has 2 aromatic carbocycles. The van der Waals surface area contributed by atoms with Gasteiger partial charge in [0.2, 0.25) is 5.82 Å². The van der Waals surface area contributed by atoms with Gasteiger partial charge in [0.1, 0.15) is 5.82 Å². The molecule has 9 heteroatoms. The Bertz CT molecular complexity index is 1200. The molecule has 2 aromatic heterocycles. The molecule has 0 radical (unpaired) electrons. The van der Waals surface area contributed by atoms with E-state index < -0.39 is 11.7 Å². The van der Waals surface area contributed by atoms with Gasteiger partial charge < -0.3 is 0 Å². The van der Waals surface area contributed by atoms with Crippen LogP contribution in [0, 0.1) is 0 Å². The minimum absolute atomic E-state index is 0.271. The molecule has 1 N–H and O–H groups in total. The molecule has 0 saturated carbocycles. The molecule has 0 saturated heterocycles. The number of allylic oxidation sites excluding steroid dienone is 1. The highest BCUT2D eigenvalue weighted by molar-refractivity contribution is 5.80. The third-order valence-corrected chi connectivity index (χ3v) is 5.34. The number of aromatic amines is 1. The number of benzene rings is 2. The Hall–Kier alpha value is -3.75. The van der Waals surface area contributed by atoms with Crippen molar-refractivity contribution in [3.8, 4) is 22.5 Å². The van der Waals surface area contributed by atoms with E-state index in [4.69, 9.17) is 0 Å². The molecule has 0 aliphatic carbocycles. The largest absolute Gasteiger partial charge is 0.308 e. The zero-order chi connectivity index (χ0) is 23.3. The first kappa shape index (κ1) is 22.4. The Morgan fingerprint density at radius 3 is 2.52 bits per heavy atom. The van der Waals surface area contributed by atoms with E-state index in [9.17, 15) is 8.78 Å². The van der Waals surface area contributed by atoms with Gasteiger partial charge in [-0.3, -0.25) is 0 Å². The molecule has 0 unspecified atom stereocenters. The van der Waals surface area contributed by atoms with Crippen molar-refractivity contribution in [1.29, 1.82) is 0 Å². The van der Waals surface area contributed by atoms with Crippen LogP contribution in [0.5, 0.6) is 0 Å². The van der Waals surface area contributed by atoms with Crippen LogP contribution in [0.15, 0.2) is 61.2 Å². The molecule has 0 bridgehead atoms. The summed E-state index contributed by atoms with van der Waals surface area (Å²) in [6.45, 7) is 5.80. The zero-order valence-electron chi connectivity index (χ0n) is 18.4. The summed E-state index contributed by atoms with van der Waals surface area (Å²) < 4.78 is 30.4. The van der Waals surface area contributed by atoms with Gasteiger partial charge in [0.25, 0.3) is 0 Å². The summed E-state index contributed by atoms with van der Waals surface area (Å²) in [7, 11) is 0. The van der Waals surface area contributed by atoms with E-state index in [0.717, 1.165) is 22.3 Å². The molecule has 0 amide bonds. The number of hydrogen-bond donors (Lipinski definition) is 1. The molecule has 2 heterocycles. The third-order valence-electron chi connectivity index (χ3n) is 5.34. The number of nitrogens with one attached hydrogen (secondary N) is 1. The van der Waals surface area contributed by atoms with Crippen LogP contribution in [-0.4, -0.2) is 35.4 Å². The summed E-state index contributed by atoms with van der Waals surface area (Å²) in [6.07, 6.45) is 2.99. The Labute approximate surface area is 190 Å². The first-order valence-electron chi connectivity index (χ1n) is 10.9. The molecule has 0 aliphatic heterocycles. The van der Waals surface area contributed by atoms with Crippen LogP contribution in [0.4, 0.5) is 8.78 Å². The van der Waals surface area contributed by atoms with Crippen molar-refractivity contribution in [2.45, 2.75) is 45.1 Å². The number of tetrazole rings is 1. The minimum Gasteiger partial charge on any atom is -0.245 e. The predicted octanol–water partition coefficient (Wildman–Crippen LogP) is 5.18. The van der Waals surface area contributed by atoms with Gasteiger partial charge in [0.05, 0.1) is 6.54 Å². The Balaban J connectivity index is 1.60. The standard InChI is InChI=1S/C24H25F2N7/c1-3-5-10-21-27-23(24(25,26)15-4-2)30-33(21)16-17-11-13-18(14-12-17)19-8-6-7-9-20(19)22-28-31-32-29-22/h3,6-9,11-14H,1,4-5,10,15-16H2,2H3,(H,28,29,31,32). The van der Waals surface area contributed by atoms with Gasteiger partial charge in [-0.05, 0) is 40.0 Å². The van der Waals surface area contributed by atoms with Crippen LogP contribution in [0.25, 0.3) is 22.5 Å². The predicted molar refractivity (Wildman–Crippen MR) is 121 cm³/mol. The van der Waals surface area contributed by atoms with Gasteiger partial charge in [0, 0.05) is 18.4 Å². The van der Waals surface area contributed by atoms with E-state index in [0.29, 0.717) is 37.5 Å². The van der Waals surface area contributed by atoms with E-state index in [1.165, 1.54) is 0 Å². The molecule has 0 aliphatic rings. The van der Waals surface area contributed by atoms with E-state index in [2.05, 4.69) is 37.3 Å². The second-order valence-electron chi connectivity index (χ2n) is 7.78. The highest BCUT2D eigenvalue weighted by atomic mass is 19.3. The first-order chi connectivity index (χ1) is 16.0. The maximum atomic E-state index is 14.4. The smallest absolute Gasteiger partial charge is 0.245 e. The summed E-state index contributed by atoms with van der Waals surface area (Å²) in [4.78, 5) is 4.17. The van der Waals surface area contributed by atoms with Crippen molar-refractivity contribution in [2.75, 3.05) is 0 Å². The SMILES string of the molecule is C=CCCc1nc(C(F)(F)CCC)nn1Cc1ccc(-c2ccccc2-c2nnn[nH]2)cc1. The van der Waals surface area contributed by atoms with E-state index in [1.807, 2.05) is 48.5 Å². The lowest BCUT2D eigenvalue weighted by Gasteiger charge is -2.10. The van der Waals surface area contributed by atoms with Gasteiger partial charge in [-0.15, -0.1) is 16.8 Å². The molecular weight excluding hydrogens is 424 g/mol. The molecule has 33 heavy (non-hydrogen) atoms. The number of hydrogen-bond acceptors (Lipinski definition) is 5. The van der Waals surface area contributed by atoms with Gasteiger partial charge in [-0.2, -0.15) is 8.78 Å². The number of H-pyrrole nitrogens is 1. The zero-order valence-corrected chi connectivity index (χ0v) is 18.4. The quantitative estimate of drug-likeness (QED) is 0.337.